The van der Waals surface area contributed by atoms with Gasteiger partial charge in [0.1, 0.15) is 0 Å². The summed E-state index contributed by atoms with van der Waals surface area (Å²) in [4.78, 5) is 11.6. The molecular weight excluding hydrogens is 390 g/mol. The van der Waals surface area contributed by atoms with Crippen LogP contribution in [0.2, 0.25) is 0 Å². The molecule has 3 aromatic rings. The average Bonchev–Trinajstić information content (AvgIpc) is 2.97. The second kappa shape index (κ2) is 8.18. The first-order chi connectivity index (χ1) is 13.7. The summed E-state index contributed by atoms with van der Waals surface area (Å²) >= 11 is 0. The Morgan fingerprint density at radius 3 is 2.31 bits per heavy atom. The van der Waals surface area contributed by atoms with Gasteiger partial charge in [-0.2, -0.15) is 5.10 Å². The van der Waals surface area contributed by atoms with E-state index < -0.39 is 16.0 Å². The van der Waals surface area contributed by atoms with Crippen LogP contribution in [0, 0.1) is 6.92 Å². The quantitative estimate of drug-likeness (QED) is 0.643. The fourth-order valence-corrected chi connectivity index (χ4v) is 4.37. The molecule has 0 aliphatic heterocycles. The molecule has 0 atom stereocenters. The predicted molar refractivity (Wildman–Crippen MR) is 110 cm³/mol. The van der Waals surface area contributed by atoms with Crippen LogP contribution < -0.4 is 0 Å². The lowest BCUT2D eigenvalue weighted by Gasteiger charge is -2.16. The molecule has 0 saturated carbocycles. The van der Waals surface area contributed by atoms with E-state index in [2.05, 4.69) is 5.10 Å². The Kier molecular flexibility index (Phi) is 5.86. The molecule has 3 rings (SSSR count). The second-order valence-electron chi connectivity index (χ2n) is 6.90. The fourth-order valence-electron chi connectivity index (χ4n) is 3.26. The lowest BCUT2D eigenvalue weighted by molar-refractivity contribution is -0.136. The topological polar surface area (TPSA) is 92.5 Å². The molecule has 0 aliphatic carbocycles. The van der Waals surface area contributed by atoms with Crippen LogP contribution in [0.25, 0.3) is 11.3 Å². The van der Waals surface area contributed by atoms with Gasteiger partial charge < -0.3 is 5.11 Å². The maximum atomic E-state index is 12.7. The smallest absolute Gasteiger partial charge is 0.307 e. The summed E-state index contributed by atoms with van der Waals surface area (Å²) in [5.41, 5.74) is 3.33. The minimum Gasteiger partial charge on any atom is -0.481 e. The van der Waals surface area contributed by atoms with Crippen LogP contribution in [0.3, 0.4) is 0 Å². The first-order valence-corrected chi connectivity index (χ1v) is 10.5. The molecule has 7 nitrogen and oxygen atoms in total. The second-order valence-corrected chi connectivity index (χ2v) is 9.02. The van der Waals surface area contributed by atoms with Gasteiger partial charge in [0.05, 0.1) is 29.2 Å². The maximum Gasteiger partial charge on any atom is 0.307 e. The van der Waals surface area contributed by atoms with Crippen molar-refractivity contribution in [2.45, 2.75) is 24.8 Å². The van der Waals surface area contributed by atoms with Gasteiger partial charge in [0.2, 0.25) is 10.0 Å². The van der Waals surface area contributed by atoms with E-state index in [1.807, 2.05) is 30.3 Å². The van der Waals surface area contributed by atoms with Crippen molar-refractivity contribution < 1.29 is 18.3 Å². The van der Waals surface area contributed by atoms with Gasteiger partial charge in [0.15, 0.2) is 0 Å². The lowest BCUT2D eigenvalue weighted by atomic mass is 10.0. The Bertz CT molecular complexity index is 1140. The van der Waals surface area contributed by atoms with E-state index in [0.717, 1.165) is 5.56 Å². The molecule has 0 saturated heterocycles. The largest absolute Gasteiger partial charge is 0.481 e. The number of nitrogens with zero attached hydrogens (tertiary/aromatic N) is 3. The van der Waals surface area contributed by atoms with E-state index in [1.165, 1.54) is 18.4 Å². The fraction of sp³-hybridized carbons (Fsp3) is 0.238. The number of sulfonamides is 1. The van der Waals surface area contributed by atoms with E-state index >= 15 is 0 Å². The van der Waals surface area contributed by atoms with E-state index in [9.17, 15) is 18.3 Å². The zero-order chi connectivity index (χ0) is 21.2. The standard InChI is InChI=1S/C21H23N3O4S/c1-15-18(13-20(25)26)21(16-9-5-4-6-10-16)24(22-15)14-17-11-7-8-12-19(17)29(27,28)23(2)3/h4-12H,13-14H2,1-3H3,(H,25,26). The number of hydrogen-bond donors (Lipinski definition) is 1. The van der Waals surface area contributed by atoms with Crippen LogP contribution in [0.1, 0.15) is 16.8 Å². The Labute approximate surface area is 170 Å². The van der Waals surface area contributed by atoms with Crippen molar-refractivity contribution in [2.24, 2.45) is 0 Å². The average molecular weight is 413 g/mol. The van der Waals surface area contributed by atoms with Crippen LogP contribution in [0.15, 0.2) is 59.5 Å². The SMILES string of the molecule is Cc1nn(Cc2ccccc2S(=O)(=O)N(C)C)c(-c2ccccc2)c1CC(=O)O. The van der Waals surface area contributed by atoms with Crippen LogP contribution in [-0.4, -0.2) is 47.7 Å². The number of carbonyl (C=O) groups is 1. The monoisotopic (exact) mass is 413 g/mol. The molecule has 0 aliphatic rings. The summed E-state index contributed by atoms with van der Waals surface area (Å²) in [6.07, 6.45) is -0.159. The number of aromatic nitrogens is 2. The number of aliphatic carboxylic acids is 1. The maximum absolute atomic E-state index is 12.7. The molecule has 8 heteroatoms. The number of rotatable bonds is 7. The highest BCUT2D eigenvalue weighted by Crippen LogP contribution is 2.29. The van der Waals surface area contributed by atoms with Crippen LogP contribution in [0.4, 0.5) is 0 Å². The zero-order valence-corrected chi connectivity index (χ0v) is 17.3. The Morgan fingerprint density at radius 1 is 1.07 bits per heavy atom. The van der Waals surface area contributed by atoms with Crippen molar-refractivity contribution in [1.29, 1.82) is 0 Å². The van der Waals surface area contributed by atoms with Gasteiger partial charge in [-0.3, -0.25) is 9.48 Å². The first-order valence-electron chi connectivity index (χ1n) is 9.05. The summed E-state index contributed by atoms with van der Waals surface area (Å²) in [6, 6.07) is 16.2. The molecule has 152 valence electrons. The van der Waals surface area contributed by atoms with Crippen LogP contribution in [0.5, 0.6) is 0 Å². The highest BCUT2D eigenvalue weighted by molar-refractivity contribution is 7.89. The Morgan fingerprint density at radius 2 is 1.69 bits per heavy atom. The van der Waals surface area contributed by atoms with Gasteiger partial charge in [0, 0.05) is 25.2 Å². The number of carboxylic acids is 1. The third kappa shape index (κ3) is 4.23. The van der Waals surface area contributed by atoms with Gasteiger partial charge in [-0.25, -0.2) is 12.7 Å². The molecule has 0 spiro atoms. The highest BCUT2D eigenvalue weighted by atomic mass is 32.2. The van der Waals surface area contributed by atoms with Gasteiger partial charge in [-0.05, 0) is 18.6 Å². The number of hydrogen-bond acceptors (Lipinski definition) is 4. The van der Waals surface area contributed by atoms with Gasteiger partial charge in [0.25, 0.3) is 0 Å². The number of aryl methyl sites for hydroxylation is 1. The van der Waals surface area contributed by atoms with E-state index in [0.29, 0.717) is 22.5 Å². The van der Waals surface area contributed by atoms with Crippen LogP contribution >= 0.6 is 0 Å². The summed E-state index contributed by atoms with van der Waals surface area (Å²) in [6.45, 7) is 1.97. The molecule has 0 amide bonds. The minimum atomic E-state index is -3.63. The molecule has 2 aromatic carbocycles. The lowest BCUT2D eigenvalue weighted by Crippen LogP contribution is -2.24. The first kappa shape index (κ1) is 20.8. The molecule has 1 aromatic heterocycles. The normalized spacial score (nSPS) is 11.7. The molecule has 1 N–H and O–H groups in total. The molecule has 0 fully saturated rings. The van der Waals surface area contributed by atoms with Crippen molar-refractivity contribution in [3.8, 4) is 11.3 Å². The van der Waals surface area contributed by atoms with Crippen LogP contribution in [-0.2, 0) is 27.8 Å². The third-order valence-electron chi connectivity index (χ3n) is 4.68. The molecule has 0 bridgehead atoms. The molecule has 0 radical (unpaired) electrons. The van der Waals surface area contributed by atoms with Crippen molar-refractivity contribution in [2.75, 3.05) is 14.1 Å². The Hall–Kier alpha value is -2.97. The molecular formula is C21H23N3O4S. The zero-order valence-electron chi connectivity index (χ0n) is 16.5. The van der Waals surface area contributed by atoms with E-state index in [4.69, 9.17) is 0 Å². The third-order valence-corrected chi connectivity index (χ3v) is 6.59. The number of benzene rings is 2. The number of carboxylic acid groups (broad SMARTS) is 1. The van der Waals surface area contributed by atoms with Crippen molar-refractivity contribution >= 4 is 16.0 Å². The van der Waals surface area contributed by atoms with E-state index in [1.54, 1.807) is 35.9 Å². The highest BCUT2D eigenvalue weighted by Gasteiger charge is 2.23. The molecule has 1 heterocycles. The van der Waals surface area contributed by atoms with Gasteiger partial charge in [-0.15, -0.1) is 0 Å². The van der Waals surface area contributed by atoms with Gasteiger partial charge >= 0.3 is 5.97 Å². The summed E-state index contributed by atoms with van der Waals surface area (Å²) in [5, 5.41) is 13.9. The minimum absolute atomic E-state index is 0.159. The van der Waals surface area contributed by atoms with E-state index in [-0.39, 0.29) is 17.9 Å². The summed E-state index contributed by atoms with van der Waals surface area (Å²) in [7, 11) is -0.648. The summed E-state index contributed by atoms with van der Waals surface area (Å²) in [5.74, 6) is -0.944. The Balaban J connectivity index is 2.16. The molecule has 0 unspecified atom stereocenters. The van der Waals surface area contributed by atoms with Crippen molar-refractivity contribution in [3.05, 3.63) is 71.4 Å². The van der Waals surface area contributed by atoms with Crippen molar-refractivity contribution in [1.82, 2.24) is 14.1 Å². The summed E-state index contributed by atoms with van der Waals surface area (Å²) < 4.78 is 28.3. The van der Waals surface area contributed by atoms with Gasteiger partial charge in [-0.1, -0.05) is 48.5 Å². The van der Waals surface area contributed by atoms with Crippen molar-refractivity contribution in [3.63, 3.8) is 0 Å². The predicted octanol–water partition coefficient (Wildman–Crippen LogP) is 2.78. The molecule has 29 heavy (non-hydrogen) atoms.